The number of ether oxygens (including phenoxy) is 2. The van der Waals surface area contributed by atoms with Crippen LogP contribution in [0.3, 0.4) is 0 Å². The van der Waals surface area contributed by atoms with E-state index in [2.05, 4.69) is 4.98 Å². The van der Waals surface area contributed by atoms with Gasteiger partial charge in [-0.3, -0.25) is 4.98 Å². The molecule has 0 atom stereocenters. The summed E-state index contributed by atoms with van der Waals surface area (Å²) in [6.07, 6.45) is 1.66. The predicted molar refractivity (Wildman–Crippen MR) is 84.3 cm³/mol. The maximum Gasteiger partial charge on any atom is 0.349 e. The number of fused-ring (bicyclic) bond motifs is 1. The summed E-state index contributed by atoms with van der Waals surface area (Å²) in [6, 6.07) is 15.9. The average molecular weight is 314 g/mol. The number of pyridine rings is 1. The van der Waals surface area contributed by atoms with Gasteiger partial charge < -0.3 is 9.47 Å². The molecule has 5 heteroatoms. The van der Waals surface area contributed by atoms with E-state index in [1.807, 2.05) is 24.3 Å². The van der Waals surface area contributed by atoms with Crippen LogP contribution in [0.2, 0.25) is 5.02 Å². The molecule has 110 valence electrons. The number of hydrogen-bond acceptors (Lipinski definition) is 4. The molecular formula is C17H12ClNO3. The van der Waals surface area contributed by atoms with Crippen molar-refractivity contribution in [2.45, 2.75) is 0 Å². The Morgan fingerprint density at radius 3 is 2.64 bits per heavy atom. The lowest BCUT2D eigenvalue weighted by molar-refractivity contribution is -0.136. The molecule has 0 amide bonds. The molecule has 0 bridgehead atoms. The van der Waals surface area contributed by atoms with E-state index in [1.165, 1.54) is 0 Å². The van der Waals surface area contributed by atoms with Crippen molar-refractivity contribution in [3.63, 3.8) is 0 Å². The number of rotatable bonds is 4. The highest BCUT2D eigenvalue weighted by molar-refractivity contribution is 6.30. The molecule has 3 aromatic rings. The molecule has 0 aliphatic carbocycles. The van der Waals surface area contributed by atoms with Gasteiger partial charge in [-0.05, 0) is 36.4 Å². The Kier molecular flexibility index (Phi) is 4.21. The maximum atomic E-state index is 11.9. The lowest BCUT2D eigenvalue weighted by Gasteiger charge is -2.08. The standard InChI is InChI=1S/C17H12ClNO3/c18-13-6-8-14(9-7-13)21-11-16(20)22-15-5-1-3-12-4-2-10-19-17(12)15/h1-10H,11H2. The molecule has 4 nitrogen and oxygen atoms in total. The smallest absolute Gasteiger partial charge is 0.349 e. The van der Waals surface area contributed by atoms with Gasteiger partial charge in [-0.2, -0.15) is 0 Å². The lowest BCUT2D eigenvalue weighted by Crippen LogP contribution is -2.17. The number of aromatic nitrogens is 1. The van der Waals surface area contributed by atoms with Crippen molar-refractivity contribution >= 4 is 28.5 Å². The molecule has 3 rings (SSSR count). The van der Waals surface area contributed by atoms with Crippen molar-refractivity contribution in [1.82, 2.24) is 4.98 Å². The average Bonchev–Trinajstić information content (AvgIpc) is 2.55. The minimum atomic E-state index is -0.492. The largest absolute Gasteiger partial charge is 0.482 e. The van der Waals surface area contributed by atoms with Gasteiger partial charge in [0.2, 0.25) is 0 Å². The number of benzene rings is 2. The van der Waals surface area contributed by atoms with Gasteiger partial charge in [-0.15, -0.1) is 0 Å². The number of hydrogen-bond donors (Lipinski definition) is 0. The molecule has 0 saturated carbocycles. The van der Waals surface area contributed by atoms with Gasteiger partial charge in [0, 0.05) is 16.6 Å². The number of carbonyl (C=O) groups excluding carboxylic acids is 1. The number of esters is 1. The molecule has 0 aliphatic heterocycles. The van der Waals surface area contributed by atoms with Crippen LogP contribution in [0.25, 0.3) is 10.9 Å². The maximum absolute atomic E-state index is 11.9. The third-order valence-corrected chi connectivity index (χ3v) is 3.24. The number of carbonyl (C=O) groups is 1. The Labute approximate surface area is 132 Å². The summed E-state index contributed by atoms with van der Waals surface area (Å²) in [6.45, 7) is -0.190. The fourth-order valence-electron chi connectivity index (χ4n) is 1.98. The molecule has 1 heterocycles. The molecule has 1 aromatic heterocycles. The highest BCUT2D eigenvalue weighted by Gasteiger charge is 2.09. The summed E-state index contributed by atoms with van der Waals surface area (Å²) in [4.78, 5) is 16.1. The normalized spacial score (nSPS) is 10.4. The van der Waals surface area contributed by atoms with Gasteiger partial charge in [0.1, 0.15) is 11.3 Å². The van der Waals surface area contributed by atoms with Crippen LogP contribution in [0.5, 0.6) is 11.5 Å². The van der Waals surface area contributed by atoms with Crippen LogP contribution in [0.15, 0.2) is 60.8 Å². The van der Waals surface area contributed by atoms with Gasteiger partial charge in [0.15, 0.2) is 12.4 Å². The summed E-state index contributed by atoms with van der Waals surface area (Å²) in [5.41, 5.74) is 0.643. The first-order valence-corrected chi connectivity index (χ1v) is 7.03. The number of halogens is 1. The molecular weight excluding hydrogens is 302 g/mol. The van der Waals surface area contributed by atoms with Gasteiger partial charge in [0.25, 0.3) is 0 Å². The van der Waals surface area contributed by atoms with Crippen LogP contribution in [0.1, 0.15) is 0 Å². The molecule has 2 aromatic carbocycles. The number of para-hydroxylation sites is 1. The third kappa shape index (κ3) is 3.35. The number of nitrogens with zero attached hydrogens (tertiary/aromatic N) is 1. The molecule has 0 fully saturated rings. The zero-order valence-electron chi connectivity index (χ0n) is 11.5. The van der Waals surface area contributed by atoms with Gasteiger partial charge in [0.05, 0.1) is 0 Å². The zero-order valence-corrected chi connectivity index (χ0v) is 12.3. The Balaban J connectivity index is 1.67. The quantitative estimate of drug-likeness (QED) is 0.542. The van der Waals surface area contributed by atoms with E-state index >= 15 is 0 Å². The molecule has 0 spiro atoms. The molecule has 0 unspecified atom stereocenters. The Morgan fingerprint density at radius 2 is 1.82 bits per heavy atom. The SMILES string of the molecule is O=C(COc1ccc(Cl)cc1)Oc1cccc2cccnc12. The van der Waals surface area contributed by atoms with Crippen molar-refractivity contribution in [2.24, 2.45) is 0 Å². The Morgan fingerprint density at radius 1 is 1.05 bits per heavy atom. The Bertz CT molecular complexity index is 797. The van der Waals surface area contributed by atoms with Crippen molar-refractivity contribution < 1.29 is 14.3 Å². The fourth-order valence-corrected chi connectivity index (χ4v) is 2.11. The van der Waals surface area contributed by atoms with E-state index in [0.717, 1.165) is 5.39 Å². The van der Waals surface area contributed by atoms with Gasteiger partial charge in [-0.1, -0.05) is 29.8 Å². The van der Waals surface area contributed by atoms with E-state index in [1.54, 1.807) is 36.5 Å². The van der Waals surface area contributed by atoms with Crippen LogP contribution in [-0.4, -0.2) is 17.6 Å². The summed E-state index contributed by atoms with van der Waals surface area (Å²) >= 11 is 5.78. The minimum Gasteiger partial charge on any atom is -0.482 e. The highest BCUT2D eigenvalue weighted by atomic mass is 35.5. The Hall–Kier alpha value is -2.59. The van der Waals surface area contributed by atoms with E-state index in [9.17, 15) is 4.79 Å². The summed E-state index contributed by atoms with van der Waals surface area (Å²) < 4.78 is 10.7. The third-order valence-electron chi connectivity index (χ3n) is 2.99. The first kappa shape index (κ1) is 14.4. The first-order chi connectivity index (χ1) is 10.7. The highest BCUT2D eigenvalue weighted by Crippen LogP contribution is 2.23. The first-order valence-electron chi connectivity index (χ1n) is 6.65. The molecule has 22 heavy (non-hydrogen) atoms. The van der Waals surface area contributed by atoms with Crippen LogP contribution in [0, 0.1) is 0 Å². The van der Waals surface area contributed by atoms with Crippen LogP contribution in [-0.2, 0) is 4.79 Å². The van der Waals surface area contributed by atoms with E-state index in [4.69, 9.17) is 21.1 Å². The van der Waals surface area contributed by atoms with Gasteiger partial charge >= 0.3 is 5.97 Å². The van der Waals surface area contributed by atoms with Crippen molar-refractivity contribution in [2.75, 3.05) is 6.61 Å². The molecule has 0 aliphatic rings. The summed E-state index contributed by atoms with van der Waals surface area (Å²) in [7, 11) is 0. The second-order valence-corrected chi connectivity index (χ2v) is 4.98. The van der Waals surface area contributed by atoms with Crippen LogP contribution >= 0.6 is 11.6 Å². The van der Waals surface area contributed by atoms with E-state index in [-0.39, 0.29) is 6.61 Å². The van der Waals surface area contributed by atoms with Crippen LogP contribution < -0.4 is 9.47 Å². The monoisotopic (exact) mass is 313 g/mol. The summed E-state index contributed by atoms with van der Waals surface area (Å²) in [5, 5.41) is 1.52. The van der Waals surface area contributed by atoms with E-state index < -0.39 is 5.97 Å². The van der Waals surface area contributed by atoms with Gasteiger partial charge in [-0.25, -0.2) is 4.79 Å². The van der Waals surface area contributed by atoms with Crippen molar-refractivity contribution in [3.05, 3.63) is 65.8 Å². The fraction of sp³-hybridized carbons (Fsp3) is 0.0588. The van der Waals surface area contributed by atoms with Crippen molar-refractivity contribution in [3.8, 4) is 11.5 Å². The van der Waals surface area contributed by atoms with Crippen LogP contribution in [0.4, 0.5) is 0 Å². The minimum absolute atomic E-state index is 0.190. The molecule has 0 N–H and O–H groups in total. The second kappa shape index (κ2) is 6.45. The van der Waals surface area contributed by atoms with Crippen molar-refractivity contribution in [1.29, 1.82) is 0 Å². The molecule has 0 saturated heterocycles. The summed E-state index contributed by atoms with van der Waals surface area (Å²) in [5.74, 6) is 0.480. The second-order valence-electron chi connectivity index (χ2n) is 4.55. The van der Waals surface area contributed by atoms with E-state index in [0.29, 0.717) is 22.0 Å². The molecule has 0 radical (unpaired) electrons. The predicted octanol–water partition coefficient (Wildman–Crippen LogP) is 3.87. The topological polar surface area (TPSA) is 48.4 Å². The zero-order chi connectivity index (χ0) is 15.4. The lowest BCUT2D eigenvalue weighted by atomic mass is 10.2.